The molecule has 0 aromatic heterocycles. The smallest absolute Gasteiger partial charge is 0.134 e. The highest BCUT2D eigenvalue weighted by Gasteiger charge is 2.08. The monoisotopic (exact) mass is 351 g/mol. The highest BCUT2D eigenvalue weighted by Crippen LogP contribution is 2.33. The Bertz CT molecular complexity index is 594. The van der Waals surface area contributed by atoms with Crippen molar-refractivity contribution in [1.29, 1.82) is 0 Å². The van der Waals surface area contributed by atoms with Crippen molar-refractivity contribution in [2.45, 2.75) is 6.42 Å². The number of nitrogens with two attached hydrogens (primary N) is 1. The first kappa shape index (κ1) is 15.7. The number of hydrogen-bond acceptors (Lipinski definition) is 4. The summed E-state index contributed by atoms with van der Waals surface area (Å²) in [6, 6.07) is 11.3. The topological polar surface area (TPSA) is 53.7 Å². The first-order valence-corrected chi connectivity index (χ1v) is 7.35. The minimum atomic E-state index is 0.569. The molecule has 5 heteroatoms. The second-order valence-electron chi connectivity index (χ2n) is 4.44. The molecule has 0 aliphatic heterocycles. The number of ether oxygens (including phenoxy) is 3. The SMILES string of the molecule is COc1cc(OC)cc(Oc2cc(Br)ccc2CCN)c1. The first-order chi connectivity index (χ1) is 10.2. The van der Waals surface area contributed by atoms with Gasteiger partial charge in [0.1, 0.15) is 23.0 Å². The van der Waals surface area contributed by atoms with Crippen LogP contribution in [-0.2, 0) is 6.42 Å². The van der Waals surface area contributed by atoms with Crippen molar-refractivity contribution in [3.05, 3.63) is 46.4 Å². The summed E-state index contributed by atoms with van der Waals surface area (Å²) in [5.74, 6) is 2.78. The fourth-order valence-electron chi connectivity index (χ4n) is 1.95. The molecular formula is C16H18BrNO3. The van der Waals surface area contributed by atoms with Crippen LogP contribution >= 0.6 is 15.9 Å². The van der Waals surface area contributed by atoms with Crippen LogP contribution in [0.25, 0.3) is 0 Å². The molecule has 0 bridgehead atoms. The third kappa shape index (κ3) is 4.12. The zero-order chi connectivity index (χ0) is 15.2. The lowest BCUT2D eigenvalue weighted by atomic mass is 10.1. The van der Waals surface area contributed by atoms with E-state index in [4.69, 9.17) is 19.9 Å². The normalized spacial score (nSPS) is 10.3. The Morgan fingerprint density at radius 1 is 0.952 bits per heavy atom. The quantitative estimate of drug-likeness (QED) is 0.860. The van der Waals surface area contributed by atoms with Gasteiger partial charge in [0.2, 0.25) is 0 Å². The van der Waals surface area contributed by atoms with Gasteiger partial charge in [0.15, 0.2) is 0 Å². The van der Waals surface area contributed by atoms with E-state index in [1.54, 1.807) is 20.3 Å². The average molecular weight is 352 g/mol. The Hall–Kier alpha value is -1.72. The molecule has 0 amide bonds. The van der Waals surface area contributed by atoms with Gasteiger partial charge in [-0.15, -0.1) is 0 Å². The Morgan fingerprint density at radius 3 is 2.14 bits per heavy atom. The maximum absolute atomic E-state index is 5.98. The molecule has 0 unspecified atom stereocenters. The van der Waals surface area contributed by atoms with Gasteiger partial charge in [0.25, 0.3) is 0 Å². The summed E-state index contributed by atoms with van der Waals surface area (Å²) in [5, 5.41) is 0. The van der Waals surface area contributed by atoms with Gasteiger partial charge in [0.05, 0.1) is 14.2 Å². The Morgan fingerprint density at radius 2 is 1.57 bits per heavy atom. The summed E-state index contributed by atoms with van der Waals surface area (Å²) in [5.41, 5.74) is 6.70. The van der Waals surface area contributed by atoms with E-state index in [0.717, 1.165) is 22.2 Å². The van der Waals surface area contributed by atoms with Crippen molar-refractivity contribution in [1.82, 2.24) is 0 Å². The lowest BCUT2D eigenvalue weighted by molar-refractivity contribution is 0.386. The molecule has 0 saturated heterocycles. The van der Waals surface area contributed by atoms with Crippen LogP contribution in [0.15, 0.2) is 40.9 Å². The molecule has 112 valence electrons. The van der Waals surface area contributed by atoms with E-state index in [0.29, 0.717) is 23.8 Å². The molecule has 0 heterocycles. The average Bonchev–Trinajstić information content (AvgIpc) is 2.49. The van der Waals surface area contributed by atoms with E-state index >= 15 is 0 Å². The minimum Gasteiger partial charge on any atom is -0.496 e. The van der Waals surface area contributed by atoms with E-state index < -0.39 is 0 Å². The molecule has 0 fully saturated rings. The van der Waals surface area contributed by atoms with Crippen LogP contribution in [-0.4, -0.2) is 20.8 Å². The van der Waals surface area contributed by atoms with Gasteiger partial charge in [0, 0.05) is 22.7 Å². The van der Waals surface area contributed by atoms with Crippen LogP contribution in [0.1, 0.15) is 5.56 Å². The van der Waals surface area contributed by atoms with Crippen molar-refractivity contribution >= 4 is 15.9 Å². The fourth-order valence-corrected chi connectivity index (χ4v) is 2.29. The molecule has 2 aromatic rings. The maximum atomic E-state index is 5.98. The lowest BCUT2D eigenvalue weighted by Gasteiger charge is -2.13. The molecule has 0 aliphatic carbocycles. The zero-order valence-electron chi connectivity index (χ0n) is 12.1. The summed E-state index contributed by atoms with van der Waals surface area (Å²) in [6.07, 6.45) is 0.754. The van der Waals surface area contributed by atoms with E-state index in [-0.39, 0.29) is 0 Å². The van der Waals surface area contributed by atoms with E-state index in [1.807, 2.05) is 30.3 Å². The van der Waals surface area contributed by atoms with E-state index in [1.165, 1.54) is 0 Å². The molecule has 4 nitrogen and oxygen atoms in total. The standard InChI is InChI=1S/C16H18BrNO3/c1-19-13-8-14(20-2)10-15(9-13)21-16-7-12(17)4-3-11(16)5-6-18/h3-4,7-10H,5-6,18H2,1-2H3. The number of rotatable bonds is 6. The second kappa shape index (κ2) is 7.33. The van der Waals surface area contributed by atoms with Gasteiger partial charge in [-0.1, -0.05) is 22.0 Å². The number of halogens is 1. The number of benzene rings is 2. The summed E-state index contributed by atoms with van der Waals surface area (Å²) in [6.45, 7) is 0.569. The minimum absolute atomic E-state index is 0.569. The van der Waals surface area contributed by atoms with Crippen molar-refractivity contribution in [3.8, 4) is 23.0 Å². The third-order valence-electron chi connectivity index (χ3n) is 3.00. The van der Waals surface area contributed by atoms with Crippen molar-refractivity contribution in [2.75, 3.05) is 20.8 Å². The first-order valence-electron chi connectivity index (χ1n) is 6.55. The fraction of sp³-hybridized carbons (Fsp3) is 0.250. The lowest BCUT2D eigenvalue weighted by Crippen LogP contribution is -2.04. The predicted molar refractivity (Wildman–Crippen MR) is 86.5 cm³/mol. The van der Waals surface area contributed by atoms with E-state index in [9.17, 15) is 0 Å². The third-order valence-corrected chi connectivity index (χ3v) is 3.49. The van der Waals surface area contributed by atoms with Gasteiger partial charge in [-0.2, -0.15) is 0 Å². The summed E-state index contributed by atoms with van der Waals surface area (Å²) >= 11 is 3.46. The Kier molecular flexibility index (Phi) is 5.47. The van der Waals surface area contributed by atoms with Gasteiger partial charge in [-0.3, -0.25) is 0 Å². The molecule has 0 aliphatic rings. The highest BCUT2D eigenvalue weighted by molar-refractivity contribution is 9.10. The van der Waals surface area contributed by atoms with Crippen LogP contribution < -0.4 is 19.9 Å². The second-order valence-corrected chi connectivity index (χ2v) is 5.36. The van der Waals surface area contributed by atoms with Crippen LogP contribution in [0.3, 0.4) is 0 Å². The number of methoxy groups -OCH3 is 2. The van der Waals surface area contributed by atoms with Crippen LogP contribution in [0.5, 0.6) is 23.0 Å². The van der Waals surface area contributed by atoms with Crippen molar-refractivity contribution in [3.63, 3.8) is 0 Å². The highest BCUT2D eigenvalue weighted by atomic mass is 79.9. The van der Waals surface area contributed by atoms with Crippen LogP contribution in [0, 0.1) is 0 Å². The van der Waals surface area contributed by atoms with E-state index in [2.05, 4.69) is 15.9 Å². The maximum Gasteiger partial charge on any atom is 0.134 e. The molecule has 2 rings (SSSR count). The molecule has 2 N–H and O–H groups in total. The summed E-state index contributed by atoms with van der Waals surface area (Å²) in [7, 11) is 3.22. The summed E-state index contributed by atoms with van der Waals surface area (Å²) < 4.78 is 17.4. The van der Waals surface area contributed by atoms with Crippen molar-refractivity contribution < 1.29 is 14.2 Å². The molecule has 2 aromatic carbocycles. The molecule has 0 saturated carbocycles. The Labute approximate surface area is 132 Å². The molecule has 21 heavy (non-hydrogen) atoms. The molecule has 0 radical (unpaired) electrons. The Balaban J connectivity index is 2.34. The van der Waals surface area contributed by atoms with Crippen LogP contribution in [0.2, 0.25) is 0 Å². The van der Waals surface area contributed by atoms with Gasteiger partial charge in [-0.05, 0) is 30.7 Å². The molecule has 0 atom stereocenters. The van der Waals surface area contributed by atoms with Gasteiger partial charge < -0.3 is 19.9 Å². The number of hydrogen-bond donors (Lipinski definition) is 1. The van der Waals surface area contributed by atoms with Gasteiger partial charge in [-0.25, -0.2) is 0 Å². The zero-order valence-corrected chi connectivity index (χ0v) is 13.6. The van der Waals surface area contributed by atoms with Crippen molar-refractivity contribution in [2.24, 2.45) is 5.73 Å². The molecule has 0 spiro atoms. The van der Waals surface area contributed by atoms with Gasteiger partial charge >= 0.3 is 0 Å². The summed E-state index contributed by atoms with van der Waals surface area (Å²) in [4.78, 5) is 0. The van der Waals surface area contributed by atoms with Crippen LogP contribution in [0.4, 0.5) is 0 Å². The molecular weight excluding hydrogens is 334 g/mol. The predicted octanol–water partition coefficient (Wildman–Crippen LogP) is 3.76. The largest absolute Gasteiger partial charge is 0.496 e.